The topological polar surface area (TPSA) is 50.2 Å². The number of fused-ring (bicyclic) bond motifs is 1. The third-order valence-corrected chi connectivity index (χ3v) is 2.60. The van der Waals surface area contributed by atoms with Crippen molar-refractivity contribution < 1.29 is 9.90 Å². The van der Waals surface area contributed by atoms with E-state index in [4.69, 9.17) is 5.11 Å². The average Bonchev–Trinajstić information content (AvgIpc) is 2.53. The number of aromatic carboxylic acids is 1. The van der Waals surface area contributed by atoms with Crippen molar-refractivity contribution in [3.8, 4) is 0 Å². The van der Waals surface area contributed by atoms with Gasteiger partial charge in [0.15, 0.2) is 0 Å². The summed E-state index contributed by atoms with van der Waals surface area (Å²) in [6, 6.07) is 0. The summed E-state index contributed by atoms with van der Waals surface area (Å²) in [4.78, 5) is 14.9. The number of carbonyl (C=O) groups is 1. The Morgan fingerprint density at radius 1 is 1.46 bits per heavy atom. The molecule has 1 aliphatic rings. The first-order chi connectivity index (χ1) is 6.20. The fourth-order valence-electron chi connectivity index (χ4n) is 1.94. The van der Waals surface area contributed by atoms with Crippen molar-refractivity contribution in [2.24, 2.45) is 0 Å². The first kappa shape index (κ1) is 8.23. The highest BCUT2D eigenvalue weighted by Gasteiger charge is 2.20. The first-order valence-corrected chi connectivity index (χ1v) is 4.41. The molecule has 68 valence electrons. The lowest BCUT2D eigenvalue weighted by Gasteiger charge is -2.05. The Balaban J connectivity index is 2.62. The van der Waals surface area contributed by atoms with Gasteiger partial charge in [-0.1, -0.05) is 0 Å². The Morgan fingerprint density at radius 2 is 2.15 bits per heavy atom. The van der Waals surface area contributed by atoms with Crippen molar-refractivity contribution in [1.29, 1.82) is 0 Å². The molecular weight excluding hydrogens is 166 g/mol. The van der Waals surface area contributed by atoms with Crippen LogP contribution in [0.2, 0.25) is 0 Å². The minimum atomic E-state index is -0.856. The second-order valence-electron chi connectivity index (χ2n) is 3.37. The van der Waals surface area contributed by atoms with E-state index in [9.17, 15) is 4.79 Å². The van der Waals surface area contributed by atoms with E-state index in [1.165, 1.54) is 6.20 Å². The number of aromatic nitrogens is 1. The van der Waals surface area contributed by atoms with Crippen LogP contribution in [0.3, 0.4) is 0 Å². The Kier molecular flexibility index (Phi) is 1.79. The van der Waals surface area contributed by atoms with Gasteiger partial charge in [-0.2, -0.15) is 0 Å². The molecule has 0 fully saturated rings. The summed E-state index contributed by atoms with van der Waals surface area (Å²) in [7, 11) is 0. The van der Waals surface area contributed by atoms with Crippen molar-refractivity contribution in [3.05, 3.63) is 28.6 Å². The fourth-order valence-corrected chi connectivity index (χ4v) is 1.94. The Morgan fingerprint density at radius 3 is 2.85 bits per heavy atom. The molecule has 3 nitrogen and oxygen atoms in total. The van der Waals surface area contributed by atoms with Crippen LogP contribution in [-0.2, 0) is 12.8 Å². The highest BCUT2D eigenvalue weighted by Crippen LogP contribution is 2.26. The Labute approximate surface area is 76.4 Å². The second-order valence-corrected chi connectivity index (χ2v) is 3.37. The second kappa shape index (κ2) is 2.83. The molecule has 0 saturated heterocycles. The molecule has 0 saturated carbocycles. The smallest absolute Gasteiger partial charge is 0.337 e. The maximum absolute atomic E-state index is 10.8. The van der Waals surface area contributed by atoms with Gasteiger partial charge in [-0.15, -0.1) is 0 Å². The van der Waals surface area contributed by atoms with Crippen LogP contribution in [0.4, 0.5) is 0 Å². The predicted molar refractivity (Wildman–Crippen MR) is 48.0 cm³/mol. The summed E-state index contributed by atoms with van der Waals surface area (Å²) >= 11 is 0. The van der Waals surface area contributed by atoms with Gasteiger partial charge in [0.25, 0.3) is 0 Å². The fraction of sp³-hybridized carbons (Fsp3) is 0.400. The zero-order valence-corrected chi connectivity index (χ0v) is 7.50. The lowest BCUT2D eigenvalue weighted by molar-refractivity contribution is 0.0695. The number of nitrogens with zero attached hydrogens (tertiary/aromatic N) is 1. The van der Waals surface area contributed by atoms with Crippen LogP contribution in [0.5, 0.6) is 0 Å². The Bertz CT molecular complexity index is 371. The van der Waals surface area contributed by atoms with Crippen LogP contribution >= 0.6 is 0 Å². The van der Waals surface area contributed by atoms with E-state index in [1.54, 1.807) is 0 Å². The maximum atomic E-state index is 10.8. The first-order valence-electron chi connectivity index (χ1n) is 4.41. The monoisotopic (exact) mass is 177 g/mol. The number of hydrogen-bond acceptors (Lipinski definition) is 2. The Hall–Kier alpha value is -1.38. The normalized spacial score (nSPS) is 14.2. The molecule has 1 N–H and O–H groups in total. The number of carboxylic acids is 1. The number of pyridine rings is 1. The zero-order valence-electron chi connectivity index (χ0n) is 7.50. The molecule has 1 aromatic heterocycles. The minimum absolute atomic E-state index is 0.387. The van der Waals surface area contributed by atoms with E-state index in [0.717, 1.165) is 36.1 Å². The molecule has 0 amide bonds. The van der Waals surface area contributed by atoms with Gasteiger partial charge in [-0.25, -0.2) is 4.79 Å². The molecule has 0 aromatic carbocycles. The van der Waals surface area contributed by atoms with E-state index in [0.29, 0.717) is 5.56 Å². The molecule has 0 spiro atoms. The number of rotatable bonds is 1. The molecule has 13 heavy (non-hydrogen) atoms. The van der Waals surface area contributed by atoms with Crippen molar-refractivity contribution >= 4 is 5.97 Å². The summed E-state index contributed by atoms with van der Waals surface area (Å²) in [5, 5.41) is 8.90. The van der Waals surface area contributed by atoms with Crippen molar-refractivity contribution in [1.82, 2.24) is 4.98 Å². The van der Waals surface area contributed by atoms with Gasteiger partial charge in [-0.05, 0) is 37.3 Å². The standard InChI is InChI=1S/C10H11NO2/c1-6-7-3-2-4-8(7)9(5-11-6)10(12)13/h5H,2-4H2,1H3,(H,12,13). The van der Waals surface area contributed by atoms with Gasteiger partial charge in [-0.3, -0.25) is 4.98 Å². The van der Waals surface area contributed by atoms with Crippen molar-refractivity contribution in [3.63, 3.8) is 0 Å². The zero-order chi connectivity index (χ0) is 9.42. The molecular formula is C10H11NO2. The minimum Gasteiger partial charge on any atom is -0.478 e. The number of carboxylic acid groups (broad SMARTS) is 1. The van der Waals surface area contributed by atoms with E-state index in [1.807, 2.05) is 6.92 Å². The summed E-state index contributed by atoms with van der Waals surface area (Å²) in [5.74, 6) is -0.856. The van der Waals surface area contributed by atoms with Crippen LogP contribution in [0.1, 0.15) is 33.6 Å². The average molecular weight is 177 g/mol. The van der Waals surface area contributed by atoms with Crippen LogP contribution in [-0.4, -0.2) is 16.1 Å². The van der Waals surface area contributed by atoms with E-state index in [-0.39, 0.29) is 0 Å². The largest absolute Gasteiger partial charge is 0.478 e. The third-order valence-electron chi connectivity index (χ3n) is 2.60. The van der Waals surface area contributed by atoms with Gasteiger partial charge in [0.2, 0.25) is 0 Å². The van der Waals surface area contributed by atoms with Crippen LogP contribution in [0.25, 0.3) is 0 Å². The molecule has 0 atom stereocenters. The molecule has 0 unspecified atom stereocenters. The quantitative estimate of drug-likeness (QED) is 0.708. The van der Waals surface area contributed by atoms with Crippen LogP contribution in [0, 0.1) is 6.92 Å². The van der Waals surface area contributed by atoms with E-state index >= 15 is 0 Å². The SMILES string of the molecule is Cc1ncc(C(=O)O)c2c1CCC2. The van der Waals surface area contributed by atoms with Crippen LogP contribution < -0.4 is 0 Å². The lowest BCUT2D eigenvalue weighted by Crippen LogP contribution is -2.04. The third kappa shape index (κ3) is 1.20. The van der Waals surface area contributed by atoms with E-state index in [2.05, 4.69) is 4.98 Å². The molecule has 0 aliphatic heterocycles. The van der Waals surface area contributed by atoms with Gasteiger partial charge in [0.05, 0.1) is 5.56 Å². The van der Waals surface area contributed by atoms with Gasteiger partial charge in [0, 0.05) is 11.9 Å². The number of aryl methyl sites for hydroxylation is 1. The van der Waals surface area contributed by atoms with Crippen molar-refractivity contribution in [2.45, 2.75) is 26.2 Å². The predicted octanol–water partition coefficient (Wildman–Crippen LogP) is 1.58. The highest BCUT2D eigenvalue weighted by atomic mass is 16.4. The maximum Gasteiger partial charge on any atom is 0.337 e. The molecule has 0 bridgehead atoms. The number of hydrogen-bond donors (Lipinski definition) is 1. The highest BCUT2D eigenvalue weighted by molar-refractivity contribution is 5.89. The van der Waals surface area contributed by atoms with Gasteiger partial charge >= 0.3 is 5.97 Å². The summed E-state index contributed by atoms with van der Waals surface area (Å²) in [5.41, 5.74) is 3.52. The van der Waals surface area contributed by atoms with Gasteiger partial charge in [0.1, 0.15) is 0 Å². The summed E-state index contributed by atoms with van der Waals surface area (Å²) in [6.45, 7) is 1.94. The van der Waals surface area contributed by atoms with E-state index < -0.39 is 5.97 Å². The van der Waals surface area contributed by atoms with Crippen LogP contribution in [0.15, 0.2) is 6.20 Å². The molecule has 2 rings (SSSR count). The van der Waals surface area contributed by atoms with Gasteiger partial charge < -0.3 is 5.11 Å². The van der Waals surface area contributed by atoms with Crippen molar-refractivity contribution in [2.75, 3.05) is 0 Å². The molecule has 3 heteroatoms. The summed E-state index contributed by atoms with van der Waals surface area (Å²) in [6.07, 6.45) is 4.40. The molecule has 1 heterocycles. The molecule has 0 radical (unpaired) electrons. The lowest BCUT2D eigenvalue weighted by atomic mass is 10.0. The summed E-state index contributed by atoms with van der Waals surface area (Å²) < 4.78 is 0. The molecule has 1 aliphatic carbocycles. The molecule has 1 aromatic rings.